The molecule has 0 aliphatic carbocycles. The van der Waals surface area contributed by atoms with Crippen LogP contribution in [0.25, 0.3) is 32.9 Å². The smallest absolute Gasteiger partial charge is 0.185 e. The van der Waals surface area contributed by atoms with Gasteiger partial charge in [0.2, 0.25) is 0 Å². The van der Waals surface area contributed by atoms with Crippen LogP contribution >= 0.6 is 0 Å². The first-order valence-electron chi connectivity index (χ1n) is 6.78. The number of carbonyl (C=O) groups is 1. The third kappa shape index (κ3) is 1.99. The van der Waals surface area contributed by atoms with Crippen molar-refractivity contribution in [3.8, 4) is 11.1 Å². The average Bonchev–Trinajstić information content (AvgIpc) is 2.96. The lowest BCUT2D eigenvalue weighted by Crippen LogP contribution is -1.80. The molecule has 0 saturated heterocycles. The van der Waals surface area contributed by atoms with Crippen LogP contribution in [0.4, 0.5) is 0 Å². The van der Waals surface area contributed by atoms with Gasteiger partial charge in [0.15, 0.2) is 12.1 Å². The van der Waals surface area contributed by atoms with Gasteiger partial charge in [0.25, 0.3) is 0 Å². The third-order valence-electron chi connectivity index (χ3n) is 3.69. The molecule has 1 aromatic heterocycles. The quantitative estimate of drug-likeness (QED) is 0.556. The maximum absolute atomic E-state index is 10.8. The Balaban J connectivity index is 1.88. The fraction of sp³-hybridized carbons (Fsp3) is 0. The summed E-state index contributed by atoms with van der Waals surface area (Å²) < 4.78 is 0. The third-order valence-corrected chi connectivity index (χ3v) is 3.69. The molecule has 3 nitrogen and oxygen atoms in total. The van der Waals surface area contributed by atoms with Gasteiger partial charge in [0.1, 0.15) is 0 Å². The molecular formula is C18H12N2O. The van der Waals surface area contributed by atoms with Crippen molar-refractivity contribution in [1.29, 1.82) is 0 Å². The van der Waals surface area contributed by atoms with E-state index in [1.807, 2.05) is 30.3 Å². The summed E-state index contributed by atoms with van der Waals surface area (Å²) in [4.78, 5) is 18.0. The maximum Gasteiger partial charge on any atom is 0.185 e. The number of nitrogens with one attached hydrogen (secondary N) is 1. The fourth-order valence-electron chi connectivity index (χ4n) is 2.63. The molecule has 0 fully saturated rings. The van der Waals surface area contributed by atoms with Crippen LogP contribution in [0.5, 0.6) is 0 Å². The lowest BCUT2D eigenvalue weighted by Gasteiger charge is -2.04. The minimum absolute atomic E-state index is 0.362. The molecule has 0 radical (unpaired) electrons. The predicted molar refractivity (Wildman–Crippen MR) is 84.4 cm³/mol. The number of H-pyrrole nitrogens is 1. The van der Waals surface area contributed by atoms with E-state index in [2.05, 4.69) is 40.3 Å². The Morgan fingerprint density at radius 2 is 1.62 bits per heavy atom. The molecule has 1 heterocycles. The molecule has 3 heteroatoms. The molecule has 0 bridgehead atoms. The van der Waals surface area contributed by atoms with E-state index in [9.17, 15) is 4.79 Å². The van der Waals surface area contributed by atoms with Crippen molar-refractivity contribution >= 4 is 28.1 Å². The lowest BCUT2D eigenvalue weighted by molar-refractivity contribution is 0.111. The van der Waals surface area contributed by atoms with Gasteiger partial charge in [-0.15, -0.1) is 0 Å². The van der Waals surface area contributed by atoms with Crippen LogP contribution in [0.3, 0.4) is 0 Å². The van der Waals surface area contributed by atoms with E-state index in [1.165, 1.54) is 10.8 Å². The molecule has 21 heavy (non-hydrogen) atoms. The van der Waals surface area contributed by atoms with Gasteiger partial charge in [-0.25, -0.2) is 4.98 Å². The number of aromatic nitrogens is 2. The number of imidazole rings is 1. The highest BCUT2D eigenvalue weighted by Crippen LogP contribution is 2.26. The normalized spacial score (nSPS) is 11.0. The zero-order chi connectivity index (χ0) is 14.2. The molecule has 0 unspecified atom stereocenters. The number of hydrogen-bond donors (Lipinski definition) is 1. The summed E-state index contributed by atoms with van der Waals surface area (Å²) in [5.41, 5.74) is 3.94. The van der Waals surface area contributed by atoms with Crippen molar-refractivity contribution in [2.75, 3.05) is 0 Å². The first-order valence-corrected chi connectivity index (χ1v) is 6.78. The van der Waals surface area contributed by atoms with Crippen LogP contribution in [-0.4, -0.2) is 16.3 Å². The Hall–Kier alpha value is -2.94. The van der Waals surface area contributed by atoms with Gasteiger partial charge < -0.3 is 4.98 Å². The van der Waals surface area contributed by atoms with Crippen LogP contribution in [0.15, 0.2) is 60.7 Å². The van der Waals surface area contributed by atoms with Crippen LogP contribution in [0.1, 0.15) is 10.6 Å². The largest absolute Gasteiger partial charge is 0.336 e. The van der Waals surface area contributed by atoms with E-state index in [1.54, 1.807) is 0 Å². The summed E-state index contributed by atoms with van der Waals surface area (Å²) in [6, 6.07) is 20.7. The molecule has 0 aliphatic heterocycles. The fourth-order valence-corrected chi connectivity index (χ4v) is 2.63. The molecule has 4 aromatic rings. The summed E-state index contributed by atoms with van der Waals surface area (Å²) in [6.45, 7) is 0. The molecule has 4 rings (SSSR count). The average molecular weight is 272 g/mol. The van der Waals surface area contributed by atoms with Gasteiger partial charge in [-0.2, -0.15) is 0 Å². The second-order valence-corrected chi connectivity index (χ2v) is 5.03. The summed E-state index contributed by atoms with van der Waals surface area (Å²) in [6.07, 6.45) is 0.732. The molecule has 100 valence electrons. The van der Waals surface area contributed by atoms with Gasteiger partial charge >= 0.3 is 0 Å². The monoisotopic (exact) mass is 272 g/mol. The van der Waals surface area contributed by atoms with Crippen molar-refractivity contribution in [2.45, 2.75) is 0 Å². The number of fused-ring (bicyclic) bond motifs is 2. The van der Waals surface area contributed by atoms with Gasteiger partial charge in [0, 0.05) is 0 Å². The molecule has 0 atom stereocenters. The van der Waals surface area contributed by atoms with E-state index in [0.717, 1.165) is 28.4 Å². The lowest BCUT2D eigenvalue weighted by atomic mass is 10.0. The predicted octanol–water partition coefficient (Wildman–Crippen LogP) is 4.20. The van der Waals surface area contributed by atoms with Crippen LogP contribution in [-0.2, 0) is 0 Å². The van der Waals surface area contributed by atoms with E-state index in [-0.39, 0.29) is 0 Å². The highest BCUT2D eigenvalue weighted by Gasteiger charge is 2.05. The Bertz CT molecular complexity index is 969. The van der Waals surface area contributed by atoms with Gasteiger partial charge in [-0.1, -0.05) is 42.5 Å². The standard InChI is InChI=1S/C18H12N2O/c21-11-18-19-16-8-7-15(10-17(16)20-18)14-6-5-12-3-1-2-4-13(12)9-14/h1-11H,(H,19,20). The Morgan fingerprint density at radius 3 is 2.48 bits per heavy atom. The van der Waals surface area contributed by atoms with Crippen molar-refractivity contribution in [1.82, 2.24) is 9.97 Å². The molecule has 0 saturated carbocycles. The van der Waals surface area contributed by atoms with E-state index < -0.39 is 0 Å². The summed E-state index contributed by atoms with van der Waals surface area (Å²) in [7, 11) is 0. The summed E-state index contributed by atoms with van der Waals surface area (Å²) in [5.74, 6) is 0.362. The van der Waals surface area contributed by atoms with Crippen LogP contribution in [0, 0.1) is 0 Å². The topological polar surface area (TPSA) is 45.8 Å². The molecule has 0 aliphatic rings. The molecule has 0 spiro atoms. The number of rotatable bonds is 2. The highest BCUT2D eigenvalue weighted by molar-refractivity contribution is 5.90. The number of nitrogens with zero attached hydrogens (tertiary/aromatic N) is 1. The molecule has 0 amide bonds. The van der Waals surface area contributed by atoms with Gasteiger partial charge in [-0.05, 0) is 40.1 Å². The van der Waals surface area contributed by atoms with Crippen molar-refractivity contribution in [3.63, 3.8) is 0 Å². The zero-order valence-corrected chi connectivity index (χ0v) is 11.2. The highest BCUT2D eigenvalue weighted by atomic mass is 16.1. The summed E-state index contributed by atoms with van der Waals surface area (Å²) in [5, 5.41) is 2.44. The van der Waals surface area contributed by atoms with Crippen molar-refractivity contribution < 1.29 is 4.79 Å². The number of benzene rings is 3. The van der Waals surface area contributed by atoms with Gasteiger partial charge in [-0.3, -0.25) is 4.79 Å². The Labute approximate surface area is 121 Å². The van der Waals surface area contributed by atoms with Gasteiger partial charge in [0.05, 0.1) is 11.0 Å². The molecule has 3 aromatic carbocycles. The Kier molecular flexibility index (Phi) is 2.57. The first kappa shape index (κ1) is 11.9. The van der Waals surface area contributed by atoms with Crippen LogP contribution < -0.4 is 0 Å². The number of aldehydes is 1. The number of carbonyl (C=O) groups excluding carboxylic acids is 1. The van der Waals surface area contributed by atoms with E-state index >= 15 is 0 Å². The second-order valence-electron chi connectivity index (χ2n) is 5.03. The van der Waals surface area contributed by atoms with Crippen molar-refractivity contribution in [2.24, 2.45) is 0 Å². The molecule has 1 N–H and O–H groups in total. The number of aromatic amines is 1. The van der Waals surface area contributed by atoms with E-state index in [0.29, 0.717) is 5.82 Å². The zero-order valence-electron chi connectivity index (χ0n) is 11.2. The van der Waals surface area contributed by atoms with E-state index in [4.69, 9.17) is 0 Å². The summed E-state index contributed by atoms with van der Waals surface area (Å²) >= 11 is 0. The second kappa shape index (κ2) is 4.56. The Morgan fingerprint density at radius 1 is 0.857 bits per heavy atom. The first-order chi connectivity index (χ1) is 10.3. The minimum atomic E-state index is 0.362. The SMILES string of the molecule is O=Cc1nc2ccc(-c3ccc4ccccc4c3)cc2[nH]1. The van der Waals surface area contributed by atoms with Crippen LogP contribution in [0.2, 0.25) is 0 Å². The maximum atomic E-state index is 10.8. The minimum Gasteiger partial charge on any atom is -0.336 e. The van der Waals surface area contributed by atoms with Crippen molar-refractivity contribution in [3.05, 3.63) is 66.5 Å². The molecular weight excluding hydrogens is 260 g/mol. The number of hydrogen-bond acceptors (Lipinski definition) is 2.